The average molecular weight is 498 g/mol. The molecule has 1 amide bonds. The Morgan fingerprint density at radius 2 is 1.87 bits per heavy atom. The van der Waals surface area contributed by atoms with Gasteiger partial charge in [0.15, 0.2) is 0 Å². The van der Waals surface area contributed by atoms with E-state index in [1.807, 2.05) is 4.90 Å². The number of amides is 1. The number of likely N-dealkylation sites (tertiary alicyclic amines) is 2. The predicted molar refractivity (Wildman–Crippen MR) is 121 cm³/mol. The molecule has 1 aromatic carbocycles. The molecule has 1 unspecified atom stereocenters. The zero-order valence-corrected chi connectivity index (χ0v) is 20.1. The Morgan fingerprint density at radius 1 is 1.13 bits per heavy atom. The summed E-state index contributed by atoms with van der Waals surface area (Å²) in [5.74, 6) is 1.22. The summed E-state index contributed by atoms with van der Waals surface area (Å²) in [5, 5.41) is 0. The number of hydrogen-bond donors (Lipinski definition) is 1. The van der Waals surface area contributed by atoms with E-state index in [0.717, 1.165) is 64.3 Å². The number of hydrogen-bond acceptors (Lipinski definition) is 4. The van der Waals surface area contributed by atoms with Crippen LogP contribution < -0.4 is 4.72 Å². The number of nitrogens with one attached hydrogen (secondary N) is 1. The molecule has 2 saturated heterocycles. The highest BCUT2D eigenvalue weighted by Gasteiger charge is 2.31. The van der Waals surface area contributed by atoms with E-state index in [4.69, 9.17) is 0 Å². The molecule has 0 bridgehead atoms. The lowest BCUT2D eigenvalue weighted by atomic mass is 9.94. The Hall–Kier alpha value is -0.960. The molecule has 0 aromatic heterocycles. The molecule has 1 aliphatic carbocycles. The average Bonchev–Trinajstić information content (AvgIpc) is 3.53. The van der Waals surface area contributed by atoms with Crippen molar-refractivity contribution in [2.45, 2.75) is 56.4 Å². The van der Waals surface area contributed by atoms with E-state index in [0.29, 0.717) is 16.0 Å². The number of rotatable bonds is 6. The fourth-order valence-electron chi connectivity index (χ4n) is 4.50. The first kappa shape index (κ1) is 22.2. The summed E-state index contributed by atoms with van der Waals surface area (Å²) >= 11 is 3.46. The van der Waals surface area contributed by atoms with E-state index >= 15 is 0 Å². The smallest absolute Gasteiger partial charge is 0.255 e. The Balaban J connectivity index is 1.43. The normalized spacial score (nSPS) is 24.2. The lowest BCUT2D eigenvalue weighted by Crippen LogP contribution is -2.45. The molecular weight excluding hydrogens is 466 g/mol. The van der Waals surface area contributed by atoms with Crippen molar-refractivity contribution in [1.29, 1.82) is 0 Å². The maximum atomic E-state index is 13.3. The molecule has 0 spiro atoms. The minimum Gasteiger partial charge on any atom is -0.338 e. The van der Waals surface area contributed by atoms with Crippen molar-refractivity contribution in [3.63, 3.8) is 0 Å². The highest BCUT2D eigenvalue weighted by atomic mass is 79.9. The molecule has 166 valence electrons. The maximum absolute atomic E-state index is 13.3. The van der Waals surface area contributed by atoms with Gasteiger partial charge in [0, 0.05) is 30.1 Å². The fraction of sp³-hybridized carbons (Fsp3) is 0.682. The SMILES string of the molecule is CC1CCN(CC2CCCN(C(=O)c3cc(S(=O)(=O)NC4CC4)ccc3Br)C2)CC1. The van der Waals surface area contributed by atoms with Crippen molar-refractivity contribution in [3.8, 4) is 0 Å². The van der Waals surface area contributed by atoms with Crippen molar-refractivity contribution in [2.75, 3.05) is 32.7 Å². The monoisotopic (exact) mass is 497 g/mol. The van der Waals surface area contributed by atoms with Crippen molar-refractivity contribution < 1.29 is 13.2 Å². The topological polar surface area (TPSA) is 69.7 Å². The van der Waals surface area contributed by atoms with Gasteiger partial charge in [0.25, 0.3) is 5.91 Å². The van der Waals surface area contributed by atoms with Crippen LogP contribution in [-0.4, -0.2) is 62.9 Å². The Kier molecular flexibility index (Phi) is 6.87. The minimum absolute atomic E-state index is 0.0402. The number of piperidine rings is 2. The maximum Gasteiger partial charge on any atom is 0.255 e. The number of carbonyl (C=O) groups is 1. The molecule has 1 N–H and O–H groups in total. The summed E-state index contributed by atoms with van der Waals surface area (Å²) in [7, 11) is -3.58. The highest BCUT2D eigenvalue weighted by Crippen LogP contribution is 2.28. The largest absolute Gasteiger partial charge is 0.338 e. The van der Waals surface area contributed by atoms with Crippen LogP contribution in [0.3, 0.4) is 0 Å². The van der Waals surface area contributed by atoms with E-state index < -0.39 is 10.0 Å². The van der Waals surface area contributed by atoms with Crippen LogP contribution in [0.25, 0.3) is 0 Å². The van der Waals surface area contributed by atoms with E-state index in [1.54, 1.807) is 12.1 Å². The third-order valence-electron chi connectivity index (χ3n) is 6.58. The van der Waals surface area contributed by atoms with Gasteiger partial charge in [-0.15, -0.1) is 0 Å². The first-order chi connectivity index (χ1) is 14.3. The summed E-state index contributed by atoms with van der Waals surface area (Å²) in [6, 6.07) is 4.79. The third kappa shape index (κ3) is 5.44. The van der Waals surface area contributed by atoms with Crippen molar-refractivity contribution >= 4 is 31.9 Å². The molecule has 3 aliphatic rings. The summed E-state index contributed by atoms with van der Waals surface area (Å²) in [6.45, 7) is 7.17. The van der Waals surface area contributed by atoms with E-state index in [9.17, 15) is 13.2 Å². The number of halogens is 1. The van der Waals surface area contributed by atoms with Gasteiger partial charge in [-0.25, -0.2) is 13.1 Å². The Bertz CT molecular complexity index is 880. The second-order valence-electron chi connectivity index (χ2n) is 9.28. The van der Waals surface area contributed by atoms with E-state index in [1.165, 1.54) is 18.9 Å². The molecule has 30 heavy (non-hydrogen) atoms. The number of benzene rings is 1. The Morgan fingerprint density at radius 3 is 2.57 bits per heavy atom. The van der Waals surface area contributed by atoms with Crippen molar-refractivity contribution in [3.05, 3.63) is 28.2 Å². The number of sulfonamides is 1. The second kappa shape index (κ2) is 9.27. The zero-order chi connectivity index (χ0) is 21.3. The molecule has 4 rings (SSSR count). The first-order valence-electron chi connectivity index (χ1n) is 11.2. The molecule has 0 radical (unpaired) electrons. The van der Waals surface area contributed by atoms with Crippen LogP contribution in [0.1, 0.15) is 55.8 Å². The highest BCUT2D eigenvalue weighted by molar-refractivity contribution is 9.10. The van der Waals surface area contributed by atoms with Crippen LogP contribution in [0.15, 0.2) is 27.6 Å². The van der Waals surface area contributed by atoms with Gasteiger partial charge in [-0.1, -0.05) is 6.92 Å². The van der Waals surface area contributed by atoms with Crippen LogP contribution >= 0.6 is 15.9 Å². The lowest BCUT2D eigenvalue weighted by molar-refractivity contribution is 0.0621. The van der Waals surface area contributed by atoms with Gasteiger partial charge in [-0.3, -0.25) is 4.79 Å². The van der Waals surface area contributed by atoms with Gasteiger partial charge in [0.05, 0.1) is 10.5 Å². The molecule has 6 nitrogen and oxygen atoms in total. The minimum atomic E-state index is -3.58. The standard InChI is InChI=1S/C22H32BrN3O3S/c1-16-8-11-25(12-9-16)14-17-3-2-10-26(15-17)22(27)20-13-19(6-7-21(20)23)30(28,29)24-18-4-5-18/h6-7,13,16-18,24H,2-5,8-12,14-15H2,1H3. The summed E-state index contributed by atoms with van der Waals surface area (Å²) in [4.78, 5) is 17.9. The van der Waals surface area contributed by atoms with E-state index in [2.05, 4.69) is 32.5 Å². The van der Waals surface area contributed by atoms with Gasteiger partial charge < -0.3 is 9.80 Å². The van der Waals surface area contributed by atoms with Gasteiger partial charge in [0.1, 0.15) is 0 Å². The fourth-order valence-corrected chi connectivity index (χ4v) is 6.25. The molecule has 1 atom stereocenters. The summed E-state index contributed by atoms with van der Waals surface area (Å²) < 4.78 is 28.5. The molecule has 2 heterocycles. The van der Waals surface area contributed by atoms with Crippen LogP contribution in [0, 0.1) is 11.8 Å². The first-order valence-corrected chi connectivity index (χ1v) is 13.4. The molecular formula is C22H32BrN3O3S. The lowest BCUT2D eigenvalue weighted by Gasteiger charge is -2.38. The Labute approximate surface area is 188 Å². The van der Waals surface area contributed by atoms with Gasteiger partial charge in [0.2, 0.25) is 10.0 Å². The van der Waals surface area contributed by atoms with Crippen LogP contribution in [0.5, 0.6) is 0 Å². The second-order valence-corrected chi connectivity index (χ2v) is 11.8. The molecule has 3 fully saturated rings. The van der Waals surface area contributed by atoms with Gasteiger partial charge in [-0.2, -0.15) is 0 Å². The van der Waals surface area contributed by atoms with Gasteiger partial charge in [-0.05, 0) is 97.6 Å². The molecule has 1 saturated carbocycles. The van der Waals surface area contributed by atoms with Crippen LogP contribution in [0.4, 0.5) is 0 Å². The van der Waals surface area contributed by atoms with Crippen molar-refractivity contribution in [1.82, 2.24) is 14.5 Å². The van der Waals surface area contributed by atoms with Crippen molar-refractivity contribution in [2.24, 2.45) is 11.8 Å². The molecule has 8 heteroatoms. The zero-order valence-electron chi connectivity index (χ0n) is 17.6. The molecule has 2 aliphatic heterocycles. The quantitative estimate of drug-likeness (QED) is 0.652. The predicted octanol–water partition coefficient (Wildman–Crippen LogP) is 3.47. The molecule has 1 aromatic rings. The van der Waals surface area contributed by atoms with Gasteiger partial charge >= 0.3 is 0 Å². The van der Waals surface area contributed by atoms with Crippen LogP contribution in [-0.2, 0) is 10.0 Å². The van der Waals surface area contributed by atoms with Crippen LogP contribution in [0.2, 0.25) is 0 Å². The number of nitrogens with zero attached hydrogens (tertiary/aromatic N) is 2. The summed E-state index contributed by atoms with van der Waals surface area (Å²) in [5.41, 5.74) is 0.432. The van der Waals surface area contributed by atoms with E-state index in [-0.39, 0.29) is 16.8 Å². The third-order valence-corrected chi connectivity index (χ3v) is 8.79. The summed E-state index contributed by atoms with van der Waals surface area (Å²) in [6.07, 6.45) is 6.44. The number of carbonyl (C=O) groups excluding carboxylic acids is 1.